The summed E-state index contributed by atoms with van der Waals surface area (Å²) in [5, 5.41) is 10.4. The second kappa shape index (κ2) is 7.62. The smallest absolute Gasteiger partial charge is 0.292 e. The van der Waals surface area contributed by atoms with Crippen molar-refractivity contribution >= 4 is 11.8 Å². The highest BCUT2D eigenvalue weighted by Gasteiger charge is 2.46. The van der Waals surface area contributed by atoms with Crippen LogP contribution in [0.3, 0.4) is 0 Å². The van der Waals surface area contributed by atoms with Crippen molar-refractivity contribution in [2.24, 2.45) is 5.92 Å². The lowest BCUT2D eigenvalue weighted by Crippen LogP contribution is -2.62. The summed E-state index contributed by atoms with van der Waals surface area (Å²) in [6, 6.07) is 1.34. The number of fused-ring (bicyclic) bond motifs is 2. The van der Waals surface area contributed by atoms with E-state index < -0.39 is 5.54 Å². The fourth-order valence-electron chi connectivity index (χ4n) is 4.23. The van der Waals surface area contributed by atoms with Gasteiger partial charge in [0.05, 0.1) is 29.3 Å². The van der Waals surface area contributed by atoms with Gasteiger partial charge in [0.25, 0.3) is 5.91 Å². The number of imidazole rings is 1. The third kappa shape index (κ3) is 3.78. The summed E-state index contributed by atoms with van der Waals surface area (Å²) in [7, 11) is 0. The molecule has 3 N–H and O–H groups in total. The first-order chi connectivity index (χ1) is 13.9. The first-order valence-electron chi connectivity index (χ1n) is 10.2. The number of aryl methyl sites for hydroxylation is 1. The van der Waals surface area contributed by atoms with E-state index in [-0.39, 0.29) is 23.6 Å². The molecule has 2 aliphatic heterocycles. The molecule has 1 saturated heterocycles. The molecular formula is C20H28N6O3. The predicted molar refractivity (Wildman–Crippen MR) is 105 cm³/mol. The number of aromatic nitrogens is 3. The third-order valence-corrected chi connectivity index (χ3v) is 5.77. The normalized spacial score (nSPS) is 20.7. The Bertz CT molecular complexity index is 894. The van der Waals surface area contributed by atoms with Crippen LogP contribution >= 0.6 is 0 Å². The molecule has 0 saturated carbocycles. The molecule has 29 heavy (non-hydrogen) atoms. The van der Waals surface area contributed by atoms with Crippen molar-refractivity contribution in [1.29, 1.82) is 0 Å². The van der Waals surface area contributed by atoms with Crippen molar-refractivity contribution in [3.8, 4) is 0 Å². The minimum Gasteiger partial charge on any atom is -0.354 e. The summed E-state index contributed by atoms with van der Waals surface area (Å²) >= 11 is 0. The molecule has 2 aromatic rings. The Labute approximate surface area is 169 Å². The van der Waals surface area contributed by atoms with Gasteiger partial charge in [-0.15, -0.1) is 0 Å². The molecule has 4 rings (SSSR count). The van der Waals surface area contributed by atoms with Gasteiger partial charge >= 0.3 is 0 Å². The number of rotatable bonds is 4. The fraction of sp³-hybridized carbons (Fsp3) is 0.600. The summed E-state index contributed by atoms with van der Waals surface area (Å²) in [5.41, 5.74) is 2.24. The second-order valence-corrected chi connectivity index (χ2v) is 8.48. The summed E-state index contributed by atoms with van der Waals surface area (Å²) < 4.78 is 5.13. The first-order valence-corrected chi connectivity index (χ1v) is 10.2. The minimum atomic E-state index is -0.415. The van der Waals surface area contributed by atoms with E-state index in [9.17, 15) is 9.59 Å². The lowest BCUT2D eigenvalue weighted by Gasteiger charge is -2.46. The maximum absolute atomic E-state index is 12.7. The number of nitrogens with zero attached hydrogens (tertiary/aromatic N) is 3. The van der Waals surface area contributed by atoms with Crippen molar-refractivity contribution in [2.75, 3.05) is 19.6 Å². The number of amides is 2. The predicted octanol–water partition coefficient (Wildman–Crippen LogP) is 1.12. The highest BCUT2D eigenvalue weighted by atomic mass is 16.5. The number of likely N-dealkylation sites (tertiary alicyclic amines) is 1. The van der Waals surface area contributed by atoms with Crippen molar-refractivity contribution in [3.05, 3.63) is 35.2 Å². The van der Waals surface area contributed by atoms with E-state index in [0.717, 1.165) is 11.4 Å². The zero-order chi connectivity index (χ0) is 20.6. The summed E-state index contributed by atoms with van der Waals surface area (Å²) in [5.74, 6) is 0.522. The van der Waals surface area contributed by atoms with Crippen LogP contribution in [-0.2, 0) is 16.8 Å². The lowest BCUT2D eigenvalue weighted by molar-refractivity contribution is -0.124. The number of nitrogens with one attached hydrogen (secondary N) is 3. The van der Waals surface area contributed by atoms with E-state index in [1.54, 1.807) is 24.2 Å². The maximum Gasteiger partial charge on any atom is 0.292 e. The van der Waals surface area contributed by atoms with Gasteiger partial charge in [0.15, 0.2) is 0 Å². The number of aromatic amines is 1. The molecule has 2 amide bonds. The Balaban J connectivity index is 1.48. The largest absolute Gasteiger partial charge is 0.354 e. The van der Waals surface area contributed by atoms with E-state index in [1.165, 1.54) is 0 Å². The van der Waals surface area contributed by atoms with Crippen LogP contribution in [0.1, 0.15) is 54.3 Å². The molecule has 1 spiro atoms. The van der Waals surface area contributed by atoms with Gasteiger partial charge in [-0.25, -0.2) is 4.98 Å². The Kier molecular flexibility index (Phi) is 5.16. The monoisotopic (exact) mass is 400 g/mol. The fourth-order valence-corrected chi connectivity index (χ4v) is 4.23. The molecule has 9 nitrogen and oxygen atoms in total. The molecule has 0 aromatic carbocycles. The van der Waals surface area contributed by atoms with Crippen molar-refractivity contribution in [2.45, 2.75) is 51.6 Å². The number of carbonyl (C=O) groups excluding carboxylic acids is 2. The Morgan fingerprint density at radius 1 is 1.38 bits per heavy atom. The van der Waals surface area contributed by atoms with Gasteiger partial charge in [-0.2, -0.15) is 0 Å². The van der Waals surface area contributed by atoms with Crippen LogP contribution in [0, 0.1) is 12.8 Å². The van der Waals surface area contributed by atoms with Gasteiger partial charge in [-0.3, -0.25) is 14.9 Å². The van der Waals surface area contributed by atoms with Crippen LogP contribution in [0.5, 0.6) is 0 Å². The lowest BCUT2D eigenvalue weighted by atomic mass is 9.78. The number of hydrogen-bond acceptors (Lipinski definition) is 6. The Morgan fingerprint density at radius 2 is 2.14 bits per heavy atom. The van der Waals surface area contributed by atoms with Gasteiger partial charge < -0.3 is 19.7 Å². The quantitative estimate of drug-likeness (QED) is 0.708. The molecule has 0 bridgehead atoms. The summed E-state index contributed by atoms with van der Waals surface area (Å²) in [6.07, 6.45) is 3.63. The number of piperidine rings is 1. The molecule has 1 fully saturated rings. The molecule has 2 aliphatic rings. The topological polar surface area (TPSA) is 116 Å². The highest BCUT2D eigenvalue weighted by Crippen LogP contribution is 2.37. The SMILES string of the molecule is Cc1cc(C(=O)N2CCC3(CC2)N[C@H](C(=O)NCC(C)C)Cc2[nH]cnc23)on1. The molecule has 9 heteroatoms. The summed E-state index contributed by atoms with van der Waals surface area (Å²) in [6.45, 7) is 7.70. The van der Waals surface area contributed by atoms with Crippen LogP contribution in [0.15, 0.2) is 16.9 Å². The molecular weight excluding hydrogens is 372 g/mol. The van der Waals surface area contributed by atoms with Crippen LogP contribution in [0.4, 0.5) is 0 Å². The molecule has 4 heterocycles. The summed E-state index contributed by atoms with van der Waals surface area (Å²) in [4.78, 5) is 35.0. The third-order valence-electron chi connectivity index (χ3n) is 5.77. The van der Waals surface area contributed by atoms with Gasteiger partial charge in [-0.1, -0.05) is 19.0 Å². The van der Waals surface area contributed by atoms with Crippen molar-refractivity contribution in [3.63, 3.8) is 0 Å². The van der Waals surface area contributed by atoms with E-state index in [1.807, 2.05) is 0 Å². The van der Waals surface area contributed by atoms with E-state index in [4.69, 9.17) is 4.52 Å². The Morgan fingerprint density at radius 3 is 2.79 bits per heavy atom. The van der Waals surface area contributed by atoms with Crippen LogP contribution in [-0.4, -0.2) is 57.5 Å². The number of hydrogen-bond donors (Lipinski definition) is 3. The second-order valence-electron chi connectivity index (χ2n) is 8.48. The number of H-pyrrole nitrogens is 1. The average molecular weight is 400 g/mol. The van der Waals surface area contributed by atoms with Crippen LogP contribution in [0.2, 0.25) is 0 Å². The molecule has 1 atom stereocenters. The van der Waals surface area contributed by atoms with E-state index in [2.05, 4.69) is 39.6 Å². The van der Waals surface area contributed by atoms with Crippen LogP contribution in [0.25, 0.3) is 0 Å². The molecule has 2 aromatic heterocycles. The van der Waals surface area contributed by atoms with Gasteiger partial charge in [0.2, 0.25) is 11.7 Å². The highest BCUT2D eigenvalue weighted by molar-refractivity contribution is 5.91. The molecule has 0 radical (unpaired) electrons. The molecule has 0 aliphatic carbocycles. The molecule has 156 valence electrons. The first kappa shape index (κ1) is 19.6. The van der Waals surface area contributed by atoms with E-state index >= 15 is 0 Å². The molecule has 0 unspecified atom stereocenters. The maximum atomic E-state index is 12.7. The van der Waals surface area contributed by atoms with Gasteiger partial charge in [0.1, 0.15) is 0 Å². The Hall–Kier alpha value is -2.68. The average Bonchev–Trinajstić information content (AvgIpc) is 3.35. The number of carbonyl (C=O) groups is 2. The van der Waals surface area contributed by atoms with Gasteiger partial charge in [0, 0.05) is 37.8 Å². The van der Waals surface area contributed by atoms with Gasteiger partial charge in [-0.05, 0) is 25.7 Å². The van der Waals surface area contributed by atoms with Crippen LogP contribution < -0.4 is 10.6 Å². The minimum absolute atomic E-state index is 0.00830. The van der Waals surface area contributed by atoms with E-state index in [0.29, 0.717) is 50.5 Å². The van der Waals surface area contributed by atoms with Crippen molar-refractivity contribution in [1.82, 2.24) is 30.7 Å². The zero-order valence-electron chi connectivity index (χ0n) is 17.1. The zero-order valence-corrected chi connectivity index (χ0v) is 17.1. The van der Waals surface area contributed by atoms with Crippen molar-refractivity contribution < 1.29 is 14.1 Å². The standard InChI is InChI=1S/C20H28N6O3/c1-12(2)10-21-18(27)15-9-14-17(23-11-22-14)20(24-15)4-6-26(7-5-20)19(28)16-8-13(3)25-29-16/h8,11-12,15,24H,4-7,9-10H2,1-3H3,(H,21,27)(H,22,23)/t15-/m0/s1.